The molecule has 0 aromatic rings. The van der Waals surface area contributed by atoms with Crippen molar-refractivity contribution in [3.05, 3.63) is 0 Å². The van der Waals surface area contributed by atoms with Gasteiger partial charge in [-0.3, -0.25) is 4.79 Å². The van der Waals surface area contributed by atoms with E-state index in [2.05, 4.69) is 6.92 Å². The summed E-state index contributed by atoms with van der Waals surface area (Å²) in [6.45, 7) is 2.08. The molecule has 2 aliphatic rings. The van der Waals surface area contributed by atoms with Gasteiger partial charge in [0.2, 0.25) is 0 Å². The minimum Gasteiger partial charge on any atom is -0.461 e. The van der Waals surface area contributed by atoms with E-state index in [-0.39, 0.29) is 18.0 Å². The largest absolute Gasteiger partial charge is 0.461 e. The lowest BCUT2D eigenvalue weighted by atomic mass is 9.74. The molecule has 2 rings (SSSR count). The van der Waals surface area contributed by atoms with E-state index in [1.165, 1.54) is 25.7 Å². The smallest absolute Gasteiger partial charge is 0.326 e. The average molecular weight is 239 g/mol. The van der Waals surface area contributed by atoms with Crippen molar-refractivity contribution >= 4 is 5.97 Å². The van der Waals surface area contributed by atoms with Gasteiger partial charge in [0.15, 0.2) is 0 Å². The third-order valence-corrected chi connectivity index (χ3v) is 4.56. The zero-order chi connectivity index (χ0) is 12.3. The predicted octanol–water partition coefficient (Wildman–Crippen LogP) is 2.77. The van der Waals surface area contributed by atoms with Crippen LogP contribution in [0, 0.1) is 5.92 Å². The maximum absolute atomic E-state index is 12.3. The molecule has 0 bridgehead atoms. The summed E-state index contributed by atoms with van der Waals surface area (Å²) in [6, 6.07) is 0. The van der Waals surface area contributed by atoms with Crippen molar-refractivity contribution < 1.29 is 9.53 Å². The van der Waals surface area contributed by atoms with Gasteiger partial charge in [0.1, 0.15) is 11.6 Å². The van der Waals surface area contributed by atoms with E-state index < -0.39 is 5.54 Å². The van der Waals surface area contributed by atoms with Crippen LogP contribution in [-0.2, 0) is 9.53 Å². The summed E-state index contributed by atoms with van der Waals surface area (Å²) in [7, 11) is 0. The van der Waals surface area contributed by atoms with Crippen LogP contribution in [0.1, 0.15) is 64.7 Å². The molecule has 0 amide bonds. The van der Waals surface area contributed by atoms with Gasteiger partial charge in [-0.05, 0) is 44.4 Å². The van der Waals surface area contributed by atoms with Crippen LogP contribution in [0.15, 0.2) is 0 Å². The highest BCUT2D eigenvalue weighted by atomic mass is 16.5. The van der Waals surface area contributed by atoms with E-state index in [0.717, 1.165) is 32.1 Å². The molecular weight excluding hydrogens is 214 g/mol. The van der Waals surface area contributed by atoms with Crippen molar-refractivity contribution in [3.8, 4) is 0 Å². The number of esters is 1. The van der Waals surface area contributed by atoms with Gasteiger partial charge in [0.25, 0.3) is 0 Å². The van der Waals surface area contributed by atoms with E-state index in [4.69, 9.17) is 10.5 Å². The van der Waals surface area contributed by atoms with Gasteiger partial charge >= 0.3 is 5.97 Å². The highest BCUT2D eigenvalue weighted by Gasteiger charge is 2.43. The first-order valence-corrected chi connectivity index (χ1v) is 7.13. The van der Waals surface area contributed by atoms with Crippen molar-refractivity contribution in [2.45, 2.75) is 76.4 Å². The fourth-order valence-electron chi connectivity index (χ4n) is 3.12. The number of hydrogen-bond donors (Lipinski definition) is 1. The molecule has 0 spiro atoms. The summed E-state index contributed by atoms with van der Waals surface area (Å²) in [5, 5.41) is 0. The Morgan fingerprint density at radius 3 is 2.41 bits per heavy atom. The first kappa shape index (κ1) is 12.9. The molecule has 2 aliphatic carbocycles. The van der Waals surface area contributed by atoms with Crippen LogP contribution in [-0.4, -0.2) is 17.6 Å². The second-order valence-electron chi connectivity index (χ2n) is 5.85. The van der Waals surface area contributed by atoms with Crippen molar-refractivity contribution in [2.75, 3.05) is 0 Å². The Morgan fingerprint density at radius 1 is 1.12 bits per heavy atom. The maximum atomic E-state index is 12.3. The molecule has 3 nitrogen and oxygen atoms in total. The van der Waals surface area contributed by atoms with Gasteiger partial charge < -0.3 is 10.5 Å². The van der Waals surface area contributed by atoms with Crippen LogP contribution in [0.5, 0.6) is 0 Å². The van der Waals surface area contributed by atoms with Gasteiger partial charge in [0, 0.05) is 0 Å². The lowest BCUT2D eigenvalue weighted by Gasteiger charge is -2.38. The number of nitrogens with two attached hydrogens (primary N) is 1. The molecule has 0 aromatic heterocycles. The highest BCUT2D eigenvalue weighted by Crippen LogP contribution is 2.33. The third kappa shape index (κ3) is 2.82. The highest BCUT2D eigenvalue weighted by molar-refractivity contribution is 5.81. The molecule has 2 saturated carbocycles. The van der Waals surface area contributed by atoms with E-state index >= 15 is 0 Å². The quantitative estimate of drug-likeness (QED) is 0.754. The van der Waals surface area contributed by atoms with Gasteiger partial charge in [-0.25, -0.2) is 0 Å². The normalized spacial score (nSPS) is 35.5. The first-order chi connectivity index (χ1) is 8.13. The Hall–Kier alpha value is -0.570. The summed E-state index contributed by atoms with van der Waals surface area (Å²) in [5.41, 5.74) is 5.58. The predicted molar refractivity (Wildman–Crippen MR) is 67.5 cm³/mol. The van der Waals surface area contributed by atoms with Crippen molar-refractivity contribution in [3.63, 3.8) is 0 Å². The zero-order valence-corrected chi connectivity index (χ0v) is 10.9. The molecule has 0 aromatic carbocycles. The molecule has 17 heavy (non-hydrogen) atoms. The number of carbonyl (C=O) groups is 1. The van der Waals surface area contributed by atoms with E-state index in [1.807, 2.05) is 0 Å². The second-order valence-corrected chi connectivity index (χ2v) is 5.85. The maximum Gasteiger partial charge on any atom is 0.326 e. The standard InChI is InChI=1S/C14H25NO2/c1-11-7-5-6-10-14(11,15)13(16)17-12-8-3-2-4-9-12/h11-12H,2-10,15H2,1H3. The van der Waals surface area contributed by atoms with Crippen LogP contribution in [0.2, 0.25) is 0 Å². The fraction of sp³-hybridized carbons (Fsp3) is 0.929. The summed E-state index contributed by atoms with van der Waals surface area (Å²) < 4.78 is 5.64. The Kier molecular flexibility index (Phi) is 4.08. The van der Waals surface area contributed by atoms with Crippen LogP contribution in [0.4, 0.5) is 0 Å². The van der Waals surface area contributed by atoms with Crippen molar-refractivity contribution in [2.24, 2.45) is 11.7 Å². The first-order valence-electron chi connectivity index (χ1n) is 7.13. The van der Waals surface area contributed by atoms with E-state index in [1.54, 1.807) is 0 Å². The number of hydrogen-bond acceptors (Lipinski definition) is 3. The molecule has 2 fully saturated rings. The summed E-state index contributed by atoms with van der Waals surface area (Å²) in [6.07, 6.45) is 9.92. The molecule has 0 heterocycles. The molecule has 0 aliphatic heterocycles. The molecule has 2 atom stereocenters. The van der Waals surface area contributed by atoms with E-state index in [0.29, 0.717) is 0 Å². The Balaban J connectivity index is 1.93. The van der Waals surface area contributed by atoms with E-state index in [9.17, 15) is 4.79 Å². The van der Waals surface area contributed by atoms with Crippen LogP contribution in [0.3, 0.4) is 0 Å². The fourth-order valence-corrected chi connectivity index (χ4v) is 3.12. The SMILES string of the molecule is CC1CCCCC1(N)C(=O)OC1CCCCC1. The molecule has 2 unspecified atom stereocenters. The summed E-state index contributed by atoms with van der Waals surface area (Å²) in [4.78, 5) is 12.3. The second kappa shape index (κ2) is 5.38. The van der Waals surface area contributed by atoms with Gasteiger partial charge in [-0.15, -0.1) is 0 Å². The van der Waals surface area contributed by atoms with Crippen LogP contribution < -0.4 is 5.73 Å². The molecule has 2 N–H and O–H groups in total. The Morgan fingerprint density at radius 2 is 1.76 bits per heavy atom. The van der Waals surface area contributed by atoms with Crippen molar-refractivity contribution in [1.82, 2.24) is 0 Å². The minimum atomic E-state index is -0.713. The number of rotatable bonds is 2. The molecule has 98 valence electrons. The summed E-state index contributed by atoms with van der Waals surface area (Å²) in [5.74, 6) is 0.115. The summed E-state index contributed by atoms with van der Waals surface area (Å²) >= 11 is 0. The zero-order valence-electron chi connectivity index (χ0n) is 10.9. The molecule has 3 heteroatoms. The monoisotopic (exact) mass is 239 g/mol. The Bertz CT molecular complexity index is 273. The third-order valence-electron chi connectivity index (χ3n) is 4.56. The van der Waals surface area contributed by atoms with Gasteiger partial charge in [0.05, 0.1) is 0 Å². The van der Waals surface area contributed by atoms with Crippen LogP contribution in [0.25, 0.3) is 0 Å². The van der Waals surface area contributed by atoms with Gasteiger partial charge in [-0.2, -0.15) is 0 Å². The molecule has 0 saturated heterocycles. The lowest BCUT2D eigenvalue weighted by molar-refractivity contribution is -0.160. The van der Waals surface area contributed by atoms with Crippen molar-refractivity contribution in [1.29, 1.82) is 0 Å². The average Bonchev–Trinajstić information content (AvgIpc) is 2.34. The van der Waals surface area contributed by atoms with Crippen LogP contribution >= 0.6 is 0 Å². The minimum absolute atomic E-state index is 0.130. The molecular formula is C14H25NO2. The van der Waals surface area contributed by atoms with Gasteiger partial charge in [-0.1, -0.05) is 26.2 Å². The number of ether oxygens (including phenoxy) is 1. The Labute approximate surface area is 104 Å². The lowest BCUT2D eigenvalue weighted by Crippen LogP contribution is -2.56. The topological polar surface area (TPSA) is 52.3 Å². The number of carbonyl (C=O) groups excluding carboxylic acids is 1. The molecule has 0 radical (unpaired) electrons.